The van der Waals surface area contributed by atoms with E-state index in [-0.39, 0.29) is 80.2 Å². The minimum absolute atomic E-state index is 0.0647. The number of aromatic nitrogens is 1. The summed E-state index contributed by atoms with van der Waals surface area (Å²) < 4.78 is 0. The molecule has 6 aromatic carbocycles. The Hall–Kier alpha value is -13.2. The maximum absolute atomic E-state index is 15.5. The Morgan fingerprint density at radius 3 is 1.64 bits per heavy atom. The zero-order valence-electron chi connectivity index (χ0n) is 72.2. The number of carbonyl (C=O) groups is 15. The number of benzene rings is 6. The molecule has 9 rings (SSSR count). The van der Waals surface area contributed by atoms with Crippen LogP contribution in [0.25, 0.3) is 10.9 Å². The number of nitrogens with zero attached hydrogens (tertiary/aromatic N) is 5. The molecule has 35 heteroatoms. The highest BCUT2D eigenvalue weighted by atomic mass is 32.2. The predicted molar refractivity (Wildman–Crippen MR) is 474 cm³/mol. The van der Waals surface area contributed by atoms with Gasteiger partial charge >= 0.3 is 0 Å². The Balaban J connectivity index is 1.10. The molecular weight excluding hydrogens is 1640 g/mol. The number of carbonyl (C=O) groups excluding carboxylic acids is 15. The molecule has 3 heterocycles. The van der Waals surface area contributed by atoms with Gasteiger partial charge in [-0.15, -0.1) is 11.8 Å². The number of amides is 15. The monoisotopic (exact) mass is 1750 g/mol. The molecule has 11 atom stereocenters. The summed E-state index contributed by atoms with van der Waals surface area (Å²) in [6.07, 6.45) is 1.54. The van der Waals surface area contributed by atoms with E-state index in [4.69, 9.17) is 11.5 Å². The molecule has 126 heavy (non-hydrogen) atoms. The minimum Gasteiger partial charge on any atom is -0.508 e. The van der Waals surface area contributed by atoms with Crippen LogP contribution in [0.1, 0.15) is 93.7 Å². The predicted octanol–water partition coefficient (Wildman–Crippen LogP) is 1.70. The number of aromatic amines is 1. The fourth-order valence-electron chi connectivity index (χ4n) is 15.2. The molecule has 1 aromatic heterocycles. The first-order valence-electron chi connectivity index (χ1n) is 42.0. The number of nitrogens with one attached hydrogen (secondary N) is 10. The number of hydrogen-bond donors (Lipinski definition) is 14. The molecule has 34 nitrogen and oxygen atoms in total. The van der Waals surface area contributed by atoms with Crippen molar-refractivity contribution in [2.24, 2.45) is 23.3 Å². The van der Waals surface area contributed by atoms with Gasteiger partial charge < -0.3 is 99.0 Å². The first-order valence-corrected chi connectivity index (χ1v) is 43.1. The first kappa shape index (κ1) is 96.6. The average molecular weight is 1750 g/mol. The van der Waals surface area contributed by atoms with Crippen molar-refractivity contribution in [3.8, 4) is 11.5 Å². The second-order valence-electron chi connectivity index (χ2n) is 32.6. The van der Waals surface area contributed by atoms with Crippen LogP contribution in [0, 0.1) is 11.8 Å². The molecule has 15 amide bonds. The lowest BCUT2D eigenvalue weighted by Gasteiger charge is -2.37. The van der Waals surface area contributed by atoms with Crippen LogP contribution in [0.3, 0.4) is 0 Å². The first-order chi connectivity index (χ1) is 60.1. The molecule has 0 saturated carbocycles. The minimum atomic E-state index is -1.60. The molecule has 7 aromatic rings. The van der Waals surface area contributed by atoms with Gasteiger partial charge in [0.15, 0.2) is 0 Å². The van der Waals surface area contributed by atoms with E-state index in [1.54, 1.807) is 149 Å². The molecular formula is C91H115N17O17S. The Morgan fingerprint density at radius 2 is 1.03 bits per heavy atom. The molecule has 0 aliphatic carbocycles. The third kappa shape index (κ3) is 26.9. The molecule has 2 aliphatic heterocycles. The van der Waals surface area contributed by atoms with Gasteiger partial charge in [0.2, 0.25) is 88.6 Å². The van der Waals surface area contributed by atoms with Crippen molar-refractivity contribution in [2.75, 3.05) is 70.8 Å². The fraction of sp³-hybridized carbons (Fsp3) is 0.418. The highest BCUT2D eigenvalue weighted by Crippen LogP contribution is 2.33. The van der Waals surface area contributed by atoms with Gasteiger partial charge in [-0.2, -0.15) is 0 Å². The Kier molecular flexibility index (Phi) is 35.3. The van der Waals surface area contributed by atoms with E-state index < -0.39 is 193 Å². The third-order valence-electron chi connectivity index (χ3n) is 22.1. The van der Waals surface area contributed by atoms with Crippen molar-refractivity contribution in [3.05, 3.63) is 197 Å². The van der Waals surface area contributed by atoms with Gasteiger partial charge in [0.05, 0.1) is 24.5 Å². The lowest BCUT2D eigenvalue weighted by molar-refractivity contribution is -0.151. The number of nitrogens with two attached hydrogens (primary N) is 2. The summed E-state index contributed by atoms with van der Waals surface area (Å²) in [5, 5.41) is 46.4. The van der Waals surface area contributed by atoms with Crippen LogP contribution >= 0.6 is 11.8 Å². The van der Waals surface area contributed by atoms with Gasteiger partial charge in [0.25, 0.3) is 0 Å². The molecule has 0 unspecified atom stereocenters. The summed E-state index contributed by atoms with van der Waals surface area (Å²) in [5.74, 6) is -15.0. The van der Waals surface area contributed by atoms with E-state index in [2.05, 4.69) is 52.8 Å². The molecule has 0 radical (unpaired) electrons. The number of rotatable bonds is 20. The van der Waals surface area contributed by atoms with Crippen LogP contribution in [0.5, 0.6) is 11.5 Å². The van der Waals surface area contributed by atoms with E-state index in [1.807, 2.05) is 6.92 Å². The Morgan fingerprint density at radius 1 is 0.508 bits per heavy atom. The number of primary amides is 1. The van der Waals surface area contributed by atoms with Crippen LogP contribution in [0.4, 0.5) is 5.69 Å². The smallest absolute Gasteiger partial charge is 0.250 e. The van der Waals surface area contributed by atoms with Crippen LogP contribution < -0.4 is 64.2 Å². The summed E-state index contributed by atoms with van der Waals surface area (Å²) in [6.45, 7) is 5.96. The van der Waals surface area contributed by atoms with Gasteiger partial charge in [-0.3, -0.25) is 71.9 Å². The van der Waals surface area contributed by atoms with Crippen LogP contribution in [-0.4, -0.2) is 256 Å². The normalized spacial score (nSPS) is 22.4. The lowest BCUT2D eigenvalue weighted by Crippen LogP contribution is -2.62. The molecule has 0 spiro atoms. The van der Waals surface area contributed by atoms with Crippen molar-refractivity contribution in [3.63, 3.8) is 0 Å². The van der Waals surface area contributed by atoms with Gasteiger partial charge in [0.1, 0.15) is 84.5 Å². The standard InChI is InChI=1S/C91H115N17O17S/c1-10-11-31-72-89(123)104(6)49-77(112)98-70(46-92)85(119)103-80(54(4)5)91(125)106(8)74(41-56-25-17-13-18-26-56)86(120)101-69-43-59-34-37-62(110)45-73(59)108(88(69)122)50-78(113)96-67(44-60-47-94-64-30-22-21-29-63(60)64)84(118)100-66(39-58-32-35-61(109)36-33-58)83(117)99-65(38-53(2)3)82(116)102-71(81(115)95-48-76(93)111)51-126-52-79(114)97-68(40-55-23-15-12-16-24-55)87(121)107(9)75(90(124)105(72)7)42-57-27-19-14-20-28-57/h12-30,32-37,45,47,53-54,65-72,74-75,80,94,109-110H,10-11,31,38-44,46,48-52,92H2,1-9H3,(H2,93,111)(H,95,115)(H,96,113)(H,97,114)(H,98,112)(H,99,117)(H,100,118)(H,101,120)(H,102,116)(H,103,119)/t65-,66-,67-,68-,69-,70-,71-,72-,74-,75-,80-/m0/s1. The van der Waals surface area contributed by atoms with E-state index >= 15 is 38.4 Å². The number of hydrogen-bond acceptors (Lipinski definition) is 19. The van der Waals surface area contributed by atoms with Crippen LogP contribution in [0.15, 0.2) is 164 Å². The Labute approximate surface area is 736 Å². The largest absolute Gasteiger partial charge is 0.508 e. The number of thioether (sulfide) groups is 1. The molecule has 1 fully saturated rings. The summed E-state index contributed by atoms with van der Waals surface area (Å²) in [7, 11) is 5.49. The highest BCUT2D eigenvalue weighted by Gasteiger charge is 2.43. The van der Waals surface area contributed by atoms with Gasteiger partial charge in [-0.05, 0) is 82.3 Å². The quantitative estimate of drug-likeness (QED) is 0.0516. The number of fused-ring (bicyclic) bond motifs is 5. The van der Waals surface area contributed by atoms with Crippen LogP contribution in [-0.2, 0) is 110 Å². The zero-order chi connectivity index (χ0) is 91.6. The molecule has 2 bridgehead atoms. The van der Waals surface area contributed by atoms with E-state index in [9.17, 15) is 43.8 Å². The molecule has 672 valence electrons. The number of aromatic hydroxyl groups is 2. The molecule has 16 N–H and O–H groups in total. The zero-order valence-corrected chi connectivity index (χ0v) is 73.0. The van der Waals surface area contributed by atoms with Crippen molar-refractivity contribution in [1.82, 2.24) is 72.4 Å². The lowest BCUT2D eigenvalue weighted by atomic mass is 9.95. The molecule has 2 aliphatic rings. The van der Waals surface area contributed by atoms with Gasteiger partial charge in [-0.25, -0.2) is 0 Å². The Bertz CT molecular complexity index is 5020. The number of likely N-dealkylation sites (N-methyl/N-ethyl adjacent to an activating group) is 4. The maximum Gasteiger partial charge on any atom is 0.250 e. The van der Waals surface area contributed by atoms with Gasteiger partial charge in [-0.1, -0.05) is 175 Å². The summed E-state index contributed by atoms with van der Waals surface area (Å²) in [4.78, 5) is 231. The van der Waals surface area contributed by atoms with Crippen molar-refractivity contribution < 1.29 is 82.1 Å². The summed E-state index contributed by atoms with van der Waals surface area (Å²) >= 11 is 0.844. The van der Waals surface area contributed by atoms with Crippen LogP contribution in [0.2, 0.25) is 0 Å². The van der Waals surface area contributed by atoms with Gasteiger partial charge in [0, 0.05) is 102 Å². The number of anilines is 1. The second kappa shape index (κ2) is 46.0. The van der Waals surface area contributed by atoms with Crippen molar-refractivity contribution in [2.45, 2.75) is 165 Å². The SMILES string of the molecule is CCCC[C@H]1C(=O)N(C)CC(=O)N[C@@H](CN)C(=O)N[C@@H](C(C)C)C(=O)N(C)[C@@H](Cc2ccccc2)C(=O)N[C@H]2Cc3ccc(O)cc3N(CC(=O)N[C@@H](Cc3c[nH]c4ccccc34)C(=O)N[C@@H](Cc3ccc(O)cc3)C(=O)N[C@@H](CC(C)C)C(=O)N[C@H](C(=O)NCC(N)=O)CSCC(=O)N[C@@H](Cc3ccccc3)C(=O)N(C)[C@@H](Cc3ccccc3)C(=O)N1C)C2=O. The number of phenols is 2. The summed E-state index contributed by atoms with van der Waals surface area (Å²) in [5.41, 5.74) is 15.5. The summed E-state index contributed by atoms with van der Waals surface area (Å²) in [6, 6.07) is 27.0. The van der Waals surface area contributed by atoms with E-state index in [0.29, 0.717) is 57.1 Å². The van der Waals surface area contributed by atoms with E-state index in [1.165, 1.54) is 80.5 Å². The number of para-hydroxylation sites is 1. The van der Waals surface area contributed by atoms with Crippen molar-refractivity contribution >= 4 is 117 Å². The highest BCUT2D eigenvalue weighted by molar-refractivity contribution is 8.00. The maximum atomic E-state index is 15.5. The average Bonchev–Trinajstić information content (AvgIpc) is 0.863. The number of H-pyrrole nitrogens is 1. The number of unbranched alkanes of at least 4 members (excludes halogenated alkanes) is 1. The van der Waals surface area contributed by atoms with Crippen molar-refractivity contribution in [1.29, 1.82) is 0 Å². The fourth-order valence-corrected chi connectivity index (χ4v) is 16.0. The topological polar surface area (TPSA) is 489 Å². The third-order valence-corrected chi connectivity index (χ3v) is 23.2. The number of phenolic OH excluding ortho intramolecular Hbond substituents is 2. The second-order valence-corrected chi connectivity index (χ2v) is 33.6. The molecule has 1 saturated heterocycles. The van der Waals surface area contributed by atoms with E-state index in [0.717, 1.165) is 26.5 Å².